The Labute approximate surface area is 90.7 Å². The molecule has 4 heteroatoms. The minimum Gasteiger partial charge on any atom is -0.396 e. The minimum atomic E-state index is 0.0000213. The molecular weight excluding hydrogens is 192 g/mol. The van der Waals surface area contributed by atoms with Crippen LogP contribution in [0.1, 0.15) is 32.4 Å². The summed E-state index contributed by atoms with van der Waals surface area (Å²) >= 11 is 0. The summed E-state index contributed by atoms with van der Waals surface area (Å²) in [5.41, 5.74) is 0.0000213. The largest absolute Gasteiger partial charge is 0.396 e. The van der Waals surface area contributed by atoms with Gasteiger partial charge in [-0.25, -0.2) is 0 Å². The number of hydrogen-bond donors (Lipinski definition) is 2. The first-order valence-electron chi connectivity index (χ1n) is 5.47. The van der Waals surface area contributed by atoms with Gasteiger partial charge >= 0.3 is 0 Å². The van der Waals surface area contributed by atoms with Crippen LogP contribution in [0.25, 0.3) is 0 Å². The Morgan fingerprint density at radius 2 is 2.20 bits per heavy atom. The van der Waals surface area contributed by atoms with E-state index in [0.717, 1.165) is 25.1 Å². The van der Waals surface area contributed by atoms with Gasteiger partial charge in [0.15, 0.2) is 0 Å². The van der Waals surface area contributed by atoms with Crippen LogP contribution in [-0.4, -0.2) is 23.4 Å². The predicted octanol–water partition coefficient (Wildman–Crippen LogP) is 1.56. The SMILES string of the molecule is CCC(CC)(CO)CNCc1ccno1. The standard InChI is InChI=1S/C11H20N2O2/c1-3-11(4-2,9-14)8-12-7-10-5-6-13-15-10/h5-6,12,14H,3-4,7-9H2,1-2H3. The molecule has 0 bridgehead atoms. The number of aromatic nitrogens is 1. The van der Waals surface area contributed by atoms with Gasteiger partial charge in [0.2, 0.25) is 0 Å². The zero-order valence-electron chi connectivity index (χ0n) is 9.49. The summed E-state index contributed by atoms with van der Waals surface area (Å²) in [6.45, 7) is 5.91. The Bertz CT molecular complexity index is 247. The van der Waals surface area contributed by atoms with Crippen LogP contribution in [0.15, 0.2) is 16.8 Å². The normalized spacial score (nSPS) is 11.9. The predicted molar refractivity (Wildman–Crippen MR) is 58.3 cm³/mol. The Balaban J connectivity index is 2.34. The third kappa shape index (κ3) is 3.32. The highest BCUT2D eigenvalue weighted by Crippen LogP contribution is 2.24. The maximum atomic E-state index is 9.36. The van der Waals surface area contributed by atoms with Gasteiger partial charge in [0.25, 0.3) is 0 Å². The first kappa shape index (κ1) is 12.2. The van der Waals surface area contributed by atoms with E-state index in [1.54, 1.807) is 6.20 Å². The van der Waals surface area contributed by atoms with Gasteiger partial charge in [-0.1, -0.05) is 19.0 Å². The van der Waals surface area contributed by atoms with Crippen molar-refractivity contribution in [3.05, 3.63) is 18.0 Å². The molecule has 15 heavy (non-hydrogen) atoms. The number of rotatable bonds is 7. The van der Waals surface area contributed by atoms with Gasteiger partial charge in [0, 0.05) is 24.6 Å². The Morgan fingerprint density at radius 1 is 1.47 bits per heavy atom. The molecule has 0 atom stereocenters. The van der Waals surface area contributed by atoms with E-state index < -0.39 is 0 Å². The van der Waals surface area contributed by atoms with Crippen molar-refractivity contribution in [3.63, 3.8) is 0 Å². The highest BCUT2D eigenvalue weighted by atomic mass is 16.5. The van der Waals surface area contributed by atoms with E-state index in [1.807, 2.05) is 6.07 Å². The molecule has 1 aromatic heterocycles. The van der Waals surface area contributed by atoms with Crippen LogP contribution in [0.5, 0.6) is 0 Å². The smallest absolute Gasteiger partial charge is 0.150 e. The molecule has 1 aromatic rings. The summed E-state index contributed by atoms with van der Waals surface area (Å²) in [5, 5.41) is 16.3. The van der Waals surface area contributed by atoms with Crippen molar-refractivity contribution in [2.45, 2.75) is 33.2 Å². The highest BCUT2D eigenvalue weighted by Gasteiger charge is 2.24. The van der Waals surface area contributed by atoms with E-state index in [4.69, 9.17) is 4.52 Å². The summed E-state index contributed by atoms with van der Waals surface area (Å²) in [7, 11) is 0. The molecule has 0 radical (unpaired) electrons. The molecule has 86 valence electrons. The zero-order chi connectivity index (χ0) is 11.1. The Morgan fingerprint density at radius 3 is 2.67 bits per heavy atom. The fourth-order valence-corrected chi connectivity index (χ4v) is 1.56. The lowest BCUT2D eigenvalue weighted by molar-refractivity contribution is 0.112. The van der Waals surface area contributed by atoms with Gasteiger partial charge in [-0.05, 0) is 12.8 Å². The van der Waals surface area contributed by atoms with Crippen molar-refractivity contribution < 1.29 is 9.63 Å². The highest BCUT2D eigenvalue weighted by molar-refractivity contribution is 4.92. The van der Waals surface area contributed by atoms with Crippen molar-refractivity contribution in [3.8, 4) is 0 Å². The van der Waals surface area contributed by atoms with Gasteiger partial charge in [-0.2, -0.15) is 0 Å². The molecule has 0 fully saturated rings. The topological polar surface area (TPSA) is 58.3 Å². The summed E-state index contributed by atoms with van der Waals surface area (Å²) in [6, 6.07) is 1.84. The van der Waals surface area contributed by atoms with E-state index in [-0.39, 0.29) is 12.0 Å². The van der Waals surface area contributed by atoms with Crippen LogP contribution in [-0.2, 0) is 6.54 Å². The molecule has 1 heterocycles. The summed E-state index contributed by atoms with van der Waals surface area (Å²) in [4.78, 5) is 0. The van der Waals surface area contributed by atoms with Crippen LogP contribution in [0, 0.1) is 5.41 Å². The molecule has 0 aliphatic heterocycles. The second kappa shape index (κ2) is 5.88. The number of nitrogens with zero attached hydrogens (tertiary/aromatic N) is 1. The van der Waals surface area contributed by atoms with E-state index >= 15 is 0 Å². The maximum Gasteiger partial charge on any atom is 0.150 e. The average molecular weight is 212 g/mol. The first-order chi connectivity index (χ1) is 7.26. The van der Waals surface area contributed by atoms with Crippen LogP contribution in [0.3, 0.4) is 0 Å². The number of aliphatic hydroxyl groups is 1. The van der Waals surface area contributed by atoms with Gasteiger partial charge < -0.3 is 14.9 Å². The van der Waals surface area contributed by atoms with Crippen molar-refractivity contribution >= 4 is 0 Å². The average Bonchev–Trinajstić information content (AvgIpc) is 2.78. The maximum absolute atomic E-state index is 9.36. The van der Waals surface area contributed by atoms with Gasteiger partial charge in [-0.3, -0.25) is 0 Å². The molecule has 0 aliphatic rings. The molecule has 0 unspecified atom stereocenters. The molecule has 4 nitrogen and oxygen atoms in total. The monoisotopic (exact) mass is 212 g/mol. The van der Waals surface area contributed by atoms with Crippen LogP contribution >= 0.6 is 0 Å². The lowest BCUT2D eigenvalue weighted by Crippen LogP contribution is -2.36. The Hall–Kier alpha value is -0.870. The second-order valence-electron chi connectivity index (χ2n) is 3.95. The van der Waals surface area contributed by atoms with E-state index in [9.17, 15) is 5.11 Å². The fraction of sp³-hybridized carbons (Fsp3) is 0.727. The van der Waals surface area contributed by atoms with Crippen molar-refractivity contribution in [1.82, 2.24) is 10.5 Å². The third-order valence-corrected chi connectivity index (χ3v) is 3.13. The van der Waals surface area contributed by atoms with Crippen molar-refractivity contribution in [2.24, 2.45) is 5.41 Å². The van der Waals surface area contributed by atoms with Crippen LogP contribution in [0.2, 0.25) is 0 Å². The molecule has 1 rings (SSSR count). The van der Waals surface area contributed by atoms with E-state index in [1.165, 1.54) is 0 Å². The van der Waals surface area contributed by atoms with E-state index in [2.05, 4.69) is 24.3 Å². The molecule has 0 aliphatic carbocycles. The zero-order valence-corrected chi connectivity index (χ0v) is 9.49. The van der Waals surface area contributed by atoms with E-state index in [0.29, 0.717) is 6.54 Å². The number of nitrogens with one attached hydrogen (secondary N) is 1. The minimum absolute atomic E-state index is 0.0000213. The molecule has 0 saturated heterocycles. The molecule has 0 aromatic carbocycles. The van der Waals surface area contributed by atoms with Crippen LogP contribution < -0.4 is 5.32 Å². The van der Waals surface area contributed by atoms with Crippen LogP contribution in [0.4, 0.5) is 0 Å². The lowest BCUT2D eigenvalue weighted by atomic mass is 9.83. The summed E-state index contributed by atoms with van der Waals surface area (Å²) in [6.07, 6.45) is 3.59. The second-order valence-corrected chi connectivity index (χ2v) is 3.95. The Kier molecular flexibility index (Phi) is 4.78. The van der Waals surface area contributed by atoms with Gasteiger partial charge in [0.1, 0.15) is 5.76 Å². The molecule has 0 saturated carbocycles. The number of hydrogen-bond acceptors (Lipinski definition) is 4. The first-order valence-corrected chi connectivity index (χ1v) is 5.47. The molecular formula is C11H20N2O2. The van der Waals surface area contributed by atoms with Crippen molar-refractivity contribution in [2.75, 3.05) is 13.2 Å². The summed E-state index contributed by atoms with van der Waals surface area (Å²) < 4.78 is 4.97. The molecule has 0 spiro atoms. The lowest BCUT2D eigenvalue weighted by Gasteiger charge is -2.29. The quantitative estimate of drug-likeness (QED) is 0.720. The fourth-order valence-electron chi connectivity index (χ4n) is 1.56. The molecule has 2 N–H and O–H groups in total. The molecule has 0 amide bonds. The van der Waals surface area contributed by atoms with Crippen molar-refractivity contribution in [1.29, 1.82) is 0 Å². The van der Waals surface area contributed by atoms with Gasteiger partial charge in [0.05, 0.1) is 12.7 Å². The van der Waals surface area contributed by atoms with Gasteiger partial charge in [-0.15, -0.1) is 0 Å². The number of aliphatic hydroxyl groups excluding tert-OH is 1. The third-order valence-electron chi connectivity index (χ3n) is 3.13. The summed E-state index contributed by atoms with van der Waals surface area (Å²) in [5.74, 6) is 0.828.